The summed E-state index contributed by atoms with van der Waals surface area (Å²) in [5.41, 5.74) is 0.660. The first-order valence-corrected chi connectivity index (χ1v) is 7.11. The van der Waals surface area contributed by atoms with Gasteiger partial charge in [0.25, 0.3) is 0 Å². The number of nitrogens with two attached hydrogens (primary N) is 1. The smallest absolute Gasteiger partial charge is 0.222 e. The first-order valence-electron chi connectivity index (χ1n) is 5.56. The van der Waals surface area contributed by atoms with Gasteiger partial charge < -0.3 is 0 Å². The quantitative estimate of drug-likeness (QED) is 0.816. The van der Waals surface area contributed by atoms with Crippen LogP contribution >= 0.6 is 0 Å². The number of primary sulfonamides is 1. The van der Waals surface area contributed by atoms with Gasteiger partial charge in [0.15, 0.2) is 0 Å². The fourth-order valence-electron chi connectivity index (χ4n) is 2.25. The molecule has 4 heteroatoms. The molecule has 2 N–H and O–H groups in total. The Kier molecular flexibility index (Phi) is 2.67. The van der Waals surface area contributed by atoms with Crippen LogP contribution < -0.4 is 5.14 Å². The summed E-state index contributed by atoms with van der Waals surface area (Å²) in [4.78, 5) is 0. The second-order valence-electron chi connectivity index (χ2n) is 5.18. The molecule has 1 unspecified atom stereocenters. The predicted molar refractivity (Wildman–Crippen MR) is 69.7 cm³/mol. The molecule has 92 valence electrons. The highest BCUT2D eigenvalue weighted by atomic mass is 32.2. The number of allylic oxidation sites excluding steroid dienone is 6. The molecule has 17 heavy (non-hydrogen) atoms. The molecule has 1 atom stereocenters. The van der Waals surface area contributed by atoms with Crippen LogP contribution in [0.1, 0.15) is 20.3 Å². The van der Waals surface area contributed by atoms with Gasteiger partial charge in [0, 0.05) is 5.41 Å². The Morgan fingerprint density at radius 2 is 1.94 bits per heavy atom. The summed E-state index contributed by atoms with van der Waals surface area (Å²) in [6.45, 7) is 4.07. The minimum Gasteiger partial charge on any atom is -0.228 e. The molecule has 3 nitrogen and oxygen atoms in total. The van der Waals surface area contributed by atoms with Gasteiger partial charge in [-0.3, -0.25) is 0 Å². The van der Waals surface area contributed by atoms with Crippen molar-refractivity contribution in [3.63, 3.8) is 0 Å². The van der Waals surface area contributed by atoms with Crippen molar-refractivity contribution in [3.05, 3.63) is 48.1 Å². The highest BCUT2D eigenvalue weighted by Crippen LogP contribution is 2.40. The van der Waals surface area contributed by atoms with E-state index in [1.54, 1.807) is 12.2 Å². The molecule has 0 aromatic heterocycles. The zero-order valence-corrected chi connectivity index (χ0v) is 10.9. The van der Waals surface area contributed by atoms with Gasteiger partial charge in [-0.15, -0.1) is 0 Å². The van der Waals surface area contributed by atoms with Gasteiger partial charge in [-0.1, -0.05) is 56.4 Å². The van der Waals surface area contributed by atoms with E-state index in [1.165, 1.54) is 0 Å². The van der Waals surface area contributed by atoms with Gasteiger partial charge in [-0.2, -0.15) is 0 Å². The standard InChI is InChI=1S/C13H17NO2S/c1-12(2)9-6-11(10-12)13(17(14,15)16)7-4-3-5-8-13/h3-7,9-10H,8H2,1-2H3,(H2,14,15,16). The van der Waals surface area contributed by atoms with Crippen LogP contribution in [0.15, 0.2) is 48.1 Å². The second kappa shape index (κ2) is 3.68. The van der Waals surface area contributed by atoms with Crippen LogP contribution in [0.3, 0.4) is 0 Å². The van der Waals surface area contributed by atoms with Crippen molar-refractivity contribution in [3.8, 4) is 0 Å². The fraction of sp³-hybridized carbons (Fsp3) is 0.385. The molecule has 0 saturated carbocycles. The third kappa shape index (κ3) is 2.03. The van der Waals surface area contributed by atoms with Crippen molar-refractivity contribution < 1.29 is 8.42 Å². The van der Waals surface area contributed by atoms with Crippen molar-refractivity contribution in [2.24, 2.45) is 10.6 Å². The maximum Gasteiger partial charge on any atom is 0.222 e. The van der Waals surface area contributed by atoms with Crippen LogP contribution in [0.25, 0.3) is 0 Å². The molecule has 0 aromatic carbocycles. The molecule has 0 spiro atoms. The molecule has 0 radical (unpaired) electrons. The van der Waals surface area contributed by atoms with E-state index < -0.39 is 14.8 Å². The van der Waals surface area contributed by atoms with Crippen LogP contribution in [0, 0.1) is 5.41 Å². The van der Waals surface area contributed by atoms with Crippen LogP contribution in [-0.4, -0.2) is 13.2 Å². The summed E-state index contributed by atoms with van der Waals surface area (Å²) < 4.78 is 22.8. The Labute approximate surface area is 102 Å². The van der Waals surface area contributed by atoms with E-state index in [4.69, 9.17) is 5.14 Å². The van der Waals surface area contributed by atoms with Gasteiger partial charge in [0.05, 0.1) is 0 Å². The summed E-state index contributed by atoms with van der Waals surface area (Å²) in [5, 5.41) is 5.43. The average Bonchev–Trinajstić information content (AvgIpc) is 2.59. The summed E-state index contributed by atoms with van der Waals surface area (Å²) in [6.07, 6.45) is 13.3. The molecule has 0 saturated heterocycles. The van der Waals surface area contributed by atoms with Crippen molar-refractivity contribution in [2.75, 3.05) is 0 Å². The topological polar surface area (TPSA) is 60.2 Å². The lowest BCUT2D eigenvalue weighted by molar-refractivity contribution is 0.570. The number of hydrogen-bond donors (Lipinski definition) is 1. The largest absolute Gasteiger partial charge is 0.228 e. The highest BCUT2D eigenvalue weighted by Gasteiger charge is 2.43. The second-order valence-corrected chi connectivity index (χ2v) is 7.00. The lowest BCUT2D eigenvalue weighted by atomic mass is 9.89. The third-order valence-electron chi connectivity index (χ3n) is 3.25. The minimum absolute atomic E-state index is 0.109. The molecule has 0 fully saturated rings. The van der Waals surface area contributed by atoms with E-state index in [1.807, 2.05) is 44.2 Å². The SMILES string of the molecule is CC1(C)C=CC(C2(S(N)(=O)=O)C=CC=CC2)=C1. The molecular weight excluding hydrogens is 234 g/mol. The maximum atomic E-state index is 11.9. The molecule has 2 aliphatic carbocycles. The van der Waals surface area contributed by atoms with E-state index in [-0.39, 0.29) is 5.41 Å². The maximum absolute atomic E-state index is 11.9. The zero-order chi connectivity index (χ0) is 12.7. The van der Waals surface area contributed by atoms with Crippen LogP contribution in [-0.2, 0) is 10.0 Å². The first kappa shape index (κ1) is 12.3. The third-order valence-corrected chi connectivity index (χ3v) is 4.80. The van der Waals surface area contributed by atoms with Gasteiger partial charge in [0.1, 0.15) is 4.75 Å². The van der Waals surface area contributed by atoms with Gasteiger partial charge in [0.2, 0.25) is 10.0 Å². The zero-order valence-electron chi connectivity index (χ0n) is 10.1. The van der Waals surface area contributed by atoms with Crippen molar-refractivity contribution >= 4 is 10.0 Å². The van der Waals surface area contributed by atoms with Crippen LogP contribution in [0.4, 0.5) is 0 Å². The Morgan fingerprint density at radius 3 is 2.35 bits per heavy atom. The van der Waals surface area contributed by atoms with Crippen molar-refractivity contribution in [1.29, 1.82) is 0 Å². The first-order chi connectivity index (χ1) is 7.77. The predicted octanol–water partition coefficient (Wildman–Crippen LogP) is 2.05. The van der Waals surface area contributed by atoms with Gasteiger partial charge >= 0.3 is 0 Å². The normalized spacial score (nSPS) is 30.6. The van der Waals surface area contributed by atoms with E-state index >= 15 is 0 Å². The molecule has 2 rings (SSSR count). The Hall–Kier alpha value is -1.13. The molecular formula is C13H17NO2S. The van der Waals surface area contributed by atoms with E-state index in [0.29, 0.717) is 6.42 Å². The van der Waals surface area contributed by atoms with Gasteiger partial charge in [-0.05, 0) is 12.0 Å². The van der Waals surface area contributed by atoms with Gasteiger partial charge in [-0.25, -0.2) is 13.6 Å². The van der Waals surface area contributed by atoms with E-state index in [2.05, 4.69) is 0 Å². The lowest BCUT2D eigenvalue weighted by Crippen LogP contribution is -2.43. The minimum atomic E-state index is -3.68. The highest BCUT2D eigenvalue weighted by molar-refractivity contribution is 7.91. The molecule has 2 aliphatic rings. The Balaban J connectivity index is 2.56. The molecule has 0 bridgehead atoms. The monoisotopic (exact) mass is 251 g/mol. The van der Waals surface area contributed by atoms with E-state index in [9.17, 15) is 8.42 Å². The number of sulfonamides is 1. The molecule has 0 amide bonds. The van der Waals surface area contributed by atoms with Crippen molar-refractivity contribution in [2.45, 2.75) is 25.0 Å². The molecule has 0 aromatic rings. The average molecular weight is 251 g/mol. The summed E-state index contributed by atoms with van der Waals surface area (Å²) >= 11 is 0. The summed E-state index contributed by atoms with van der Waals surface area (Å²) in [6, 6.07) is 0. The number of rotatable bonds is 2. The fourth-order valence-corrected chi connectivity index (χ4v) is 3.31. The summed E-state index contributed by atoms with van der Waals surface area (Å²) in [7, 11) is -3.68. The van der Waals surface area contributed by atoms with Crippen molar-refractivity contribution in [1.82, 2.24) is 0 Å². The van der Waals surface area contributed by atoms with E-state index in [0.717, 1.165) is 5.57 Å². The summed E-state index contributed by atoms with van der Waals surface area (Å²) in [5.74, 6) is 0. The molecule has 0 aliphatic heterocycles. The lowest BCUT2D eigenvalue weighted by Gasteiger charge is -2.29. The number of hydrogen-bond acceptors (Lipinski definition) is 2. The van der Waals surface area contributed by atoms with Crippen LogP contribution in [0.2, 0.25) is 0 Å². The molecule has 0 heterocycles. The Bertz CT molecular complexity index is 550. The Morgan fingerprint density at radius 1 is 1.24 bits per heavy atom. The van der Waals surface area contributed by atoms with Crippen LogP contribution in [0.5, 0.6) is 0 Å².